The van der Waals surface area contributed by atoms with Gasteiger partial charge in [0.15, 0.2) is 0 Å². The molecule has 0 aliphatic heterocycles. The third-order valence-electron chi connectivity index (χ3n) is 3.91. The molecule has 1 aromatic carbocycles. The molecule has 3 rings (SSSR count). The second kappa shape index (κ2) is 8.27. The molecule has 0 fully saturated rings. The molecule has 0 spiro atoms. The summed E-state index contributed by atoms with van der Waals surface area (Å²) >= 11 is 5.84. The Morgan fingerprint density at radius 2 is 1.79 bits per heavy atom. The number of halogens is 1. The van der Waals surface area contributed by atoms with E-state index in [9.17, 15) is 4.79 Å². The van der Waals surface area contributed by atoms with Gasteiger partial charge in [-0.15, -0.1) is 0 Å². The molecule has 144 valence electrons. The van der Waals surface area contributed by atoms with Crippen LogP contribution in [0.2, 0.25) is 5.15 Å². The Balaban J connectivity index is 1.80. The maximum atomic E-state index is 12.4. The van der Waals surface area contributed by atoms with E-state index in [2.05, 4.69) is 41.4 Å². The molecule has 28 heavy (non-hydrogen) atoms. The minimum atomic E-state index is -0.441. The number of carbonyl (C=O) groups excluding carboxylic acids is 1. The van der Waals surface area contributed by atoms with Gasteiger partial charge in [0.2, 0.25) is 5.88 Å². The van der Waals surface area contributed by atoms with Crippen molar-refractivity contribution in [1.82, 2.24) is 9.97 Å². The van der Waals surface area contributed by atoms with Crippen LogP contribution >= 0.6 is 11.6 Å². The van der Waals surface area contributed by atoms with Crippen LogP contribution in [-0.4, -0.2) is 16.0 Å². The van der Waals surface area contributed by atoms with Gasteiger partial charge in [0.1, 0.15) is 16.6 Å². The first kappa shape index (κ1) is 19.6. The first-order chi connectivity index (χ1) is 13.3. The Morgan fingerprint density at radius 3 is 2.54 bits per heavy atom. The predicted molar refractivity (Wildman–Crippen MR) is 111 cm³/mol. The topological polar surface area (TPSA) is 76.1 Å². The number of ether oxygens (including phenoxy) is 1. The van der Waals surface area contributed by atoms with E-state index < -0.39 is 6.03 Å². The number of nitrogens with zero attached hydrogens (tertiary/aromatic N) is 2. The van der Waals surface area contributed by atoms with Crippen LogP contribution in [0.4, 0.5) is 16.2 Å². The summed E-state index contributed by atoms with van der Waals surface area (Å²) in [6, 6.07) is 14.0. The first-order valence-corrected chi connectivity index (χ1v) is 9.12. The van der Waals surface area contributed by atoms with Crippen molar-refractivity contribution in [3.8, 4) is 11.6 Å². The molecule has 0 aliphatic carbocycles. The summed E-state index contributed by atoms with van der Waals surface area (Å²) in [5.74, 6) is 1.00. The van der Waals surface area contributed by atoms with Crippen LogP contribution in [-0.2, 0) is 5.41 Å². The Hall–Kier alpha value is -3.12. The van der Waals surface area contributed by atoms with Crippen molar-refractivity contribution in [3.05, 3.63) is 71.6 Å². The van der Waals surface area contributed by atoms with Crippen LogP contribution in [0, 0.1) is 0 Å². The van der Waals surface area contributed by atoms with Gasteiger partial charge in [-0.3, -0.25) is 0 Å². The van der Waals surface area contributed by atoms with E-state index in [1.807, 2.05) is 24.3 Å². The van der Waals surface area contributed by atoms with Gasteiger partial charge in [0, 0.05) is 23.6 Å². The van der Waals surface area contributed by atoms with Gasteiger partial charge in [-0.2, -0.15) is 0 Å². The number of pyridine rings is 2. The van der Waals surface area contributed by atoms with Crippen LogP contribution in [0.1, 0.15) is 26.3 Å². The molecule has 2 heterocycles. The number of nitrogens with one attached hydrogen (secondary N) is 2. The lowest BCUT2D eigenvalue weighted by Crippen LogP contribution is -2.20. The van der Waals surface area contributed by atoms with Crippen LogP contribution < -0.4 is 15.4 Å². The highest BCUT2D eigenvalue weighted by atomic mass is 35.5. The fourth-order valence-corrected chi connectivity index (χ4v) is 2.79. The Labute approximate surface area is 168 Å². The third-order valence-corrected chi connectivity index (χ3v) is 4.11. The highest BCUT2D eigenvalue weighted by Gasteiger charge is 2.20. The number of hydrogen-bond acceptors (Lipinski definition) is 4. The standard InChI is InChI=1S/C21H21ClN4O2/c1-21(2,3)15-7-4-5-9-17(15)28-19-16(8-6-11-24-19)26-20(27)25-14-10-12-23-18(22)13-14/h4-13H,1-3H3,(H2,23,25,26,27). The van der Waals surface area contributed by atoms with E-state index in [4.69, 9.17) is 16.3 Å². The third kappa shape index (κ3) is 4.98. The van der Waals surface area contributed by atoms with Gasteiger partial charge in [0.05, 0.1) is 0 Å². The Bertz CT molecular complexity index is 986. The second-order valence-electron chi connectivity index (χ2n) is 7.15. The van der Waals surface area contributed by atoms with Gasteiger partial charge in [-0.1, -0.05) is 50.6 Å². The summed E-state index contributed by atoms with van der Waals surface area (Å²) in [6.45, 7) is 6.33. The summed E-state index contributed by atoms with van der Waals surface area (Å²) in [7, 11) is 0. The van der Waals surface area contributed by atoms with Crippen molar-refractivity contribution in [3.63, 3.8) is 0 Å². The van der Waals surface area contributed by atoms with Crippen molar-refractivity contribution in [2.75, 3.05) is 10.6 Å². The van der Waals surface area contributed by atoms with E-state index in [1.54, 1.807) is 30.5 Å². The van der Waals surface area contributed by atoms with Crippen LogP contribution in [0.25, 0.3) is 0 Å². The maximum absolute atomic E-state index is 12.4. The molecule has 2 amide bonds. The smallest absolute Gasteiger partial charge is 0.323 e. The van der Waals surface area contributed by atoms with Crippen LogP contribution in [0.15, 0.2) is 60.9 Å². The number of hydrogen-bond donors (Lipinski definition) is 2. The summed E-state index contributed by atoms with van der Waals surface area (Å²) in [6.07, 6.45) is 3.13. The number of benzene rings is 1. The number of anilines is 2. The zero-order valence-electron chi connectivity index (χ0n) is 15.9. The predicted octanol–water partition coefficient (Wildman–Crippen LogP) is 5.86. The number of para-hydroxylation sites is 1. The lowest BCUT2D eigenvalue weighted by atomic mass is 9.86. The molecule has 6 nitrogen and oxygen atoms in total. The molecular weight excluding hydrogens is 376 g/mol. The van der Waals surface area contributed by atoms with Crippen molar-refractivity contribution in [2.45, 2.75) is 26.2 Å². The minimum Gasteiger partial charge on any atom is -0.437 e. The average molecular weight is 397 g/mol. The highest BCUT2D eigenvalue weighted by molar-refractivity contribution is 6.29. The van der Waals surface area contributed by atoms with Gasteiger partial charge < -0.3 is 15.4 Å². The minimum absolute atomic E-state index is 0.100. The van der Waals surface area contributed by atoms with E-state index in [0.29, 0.717) is 28.2 Å². The molecule has 0 saturated carbocycles. The maximum Gasteiger partial charge on any atom is 0.323 e. The summed E-state index contributed by atoms with van der Waals surface area (Å²) < 4.78 is 6.05. The lowest BCUT2D eigenvalue weighted by molar-refractivity contribution is 0.262. The number of rotatable bonds is 4. The molecule has 0 radical (unpaired) electrons. The van der Waals surface area contributed by atoms with Gasteiger partial charge in [-0.25, -0.2) is 14.8 Å². The Kier molecular flexibility index (Phi) is 5.80. The molecule has 0 atom stereocenters. The van der Waals surface area contributed by atoms with E-state index >= 15 is 0 Å². The molecule has 0 saturated heterocycles. The molecule has 2 N–H and O–H groups in total. The van der Waals surface area contributed by atoms with E-state index in [1.165, 1.54) is 6.20 Å². The number of aromatic nitrogens is 2. The van der Waals surface area contributed by atoms with Crippen molar-refractivity contribution in [1.29, 1.82) is 0 Å². The second-order valence-corrected chi connectivity index (χ2v) is 7.54. The van der Waals surface area contributed by atoms with Crippen molar-refractivity contribution < 1.29 is 9.53 Å². The molecule has 0 unspecified atom stereocenters. The molecule has 0 aliphatic rings. The van der Waals surface area contributed by atoms with Crippen LogP contribution in [0.5, 0.6) is 11.6 Å². The summed E-state index contributed by atoms with van der Waals surface area (Å²) in [4.78, 5) is 20.5. The first-order valence-electron chi connectivity index (χ1n) is 8.75. The Morgan fingerprint density at radius 1 is 1.00 bits per heavy atom. The van der Waals surface area contributed by atoms with Gasteiger partial charge >= 0.3 is 6.03 Å². The largest absolute Gasteiger partial charge is 0.437 e. The SMILES string of the molecule is CC(C)(C)c1ccccc1Oc1ncccc1NC(=O)Nc1ccnc(Cl)c1. The normalized spacial score (nSPS) is 11.0. The van der Waals surface area contributed by atoms with E-state index in [-0.39, 0.29) is 5.41 Å². The number of amides is 2. The van der Waals surface area contributed by atoms with Gasteiger partial charge in [0.25, 0.3) is 0 Å². The number of urea groups is 1. The molecule has 2 aromatic heterocycles. The summed E-state index contributed by atoms with van der Waals surface area (Å²) in [5, 5.41) is 5.75. The molecule has 0 bridgehead atoms. The molecular formula is C21H21ClN4O2. The lowest BCUT2D eigenvalue weighted by Gasteiger charge is -2.22. The number of carbonyl (C=O) groups is 1. The monoisotopic (exact) mass is 396 g/mol. The fraction of sp³-hybridized carbons (Fsp3) is 0.190. The average Bonchev–Trinajstić information content (AvgIpc) is 2.63. The zero-order valence-corrected chi connectivity index (χ0v) is 16.6. The van der Waals surface area contributed by atoms with E-state index in [0.717, 1.165) is 5.56 Å². The van der Waals surface area contributed by atoms with Crippen molar-refractivity contribution >= 4 is 29.0 Å². The quantitative estimate of drug-likeness (QED) is 0.541. The molecule has 7 heteroatoms. The van der Waals surface area contributed by atoms with Crippen LogP contribution in [0.3, 0.4) is 0 Å². The molecule has 3 aromatic rings. The van der Waals surface area contributed by atoms with Crippen molar-refractivity contribution in [2.24, 2.45) is 0 Å². The fourth-order valence-electron chi connectivity index (χ4n) is 2.61. The summed E-state index contributed by atoms with van der Waals surface area (Å²) in [5.41, 5.74) is 1.92. The van der Waals surface area contributed by atoms with Gasteiger partial charge in [-0.05, 0) is 35.7 Å². The highest BCUT2D eigenvalue weighted by Crippen LogP contribution is 2.35. The zero-order chi connectivity index (χ0) is 20.1.